The number of nitrogens with zero attached hydrogens (tertiary/aromatic N) is 1. The Kier molecular flexibility index (Phi) is 5.70. The van der Waals surface area contributed by atoms with E-state index in [9.17, 15) is 9.59 Å². The highest BCUT2D eigenvalue weighted by atomic mass is 16.5. The zero-order chi connectivity index (χ0) is 21.1. The van der Waals surface area contributed by atoms with Crippen molar-refractivity contribution in [2.45, 2.75) is 13.0 Å². The predicted octanol–water partition coefficient (Wildman–Crippen LogP) is 2.79. The van der Waals surface area contributed by atoms with E-state index in [1.54, 1.807) is 38.6 Å². The number of benzene rings is 1. The van der Waals surface area contributed by atoms with Crippen molar-refractivity contribution in [3.63, 3.8) is 0 Å². The lowest BCUT2D eigenvalue weighted by Crippen LogP contribution is -2.41. The summed E-state index contributed by atoms with van der Waals surface area (Å²) in [5, 5.41) is 5.91. The molecular weight excluding hydrogens is 382 g/mol. The number of rotatable bonds is 7. The van der Waals surface area contributed by atoms with Crippen LogP contribution in [0.15, 0.2) is 54.7 Å². The van der Waals surface area contributed by atoms with Gasteiger partial charge in [0.05, 0.1) is 44.0 Å². The first kappa shape index (κ1) is 19.9. The molecule has 0 spiro atoms. The number of hydrogen-bond donors (Lipinski definition) is 2. The van der Waals surface area contributed by atoms with Crippen LogP contribution in [-0.2, 0) is 16.1 Å². The fourth-order valence-corrected chi connectivity index (χ4v) is 4.45. The van der Waals surface area contributed by atoms with Crippen LogP contribution in [0.2, 0.25) is 0 Å². The topological polar surface area (TPSA) is 89.5 Å². The molecule has 2 amide bonds. The van der Waals surface area contributed by atoms with Crippen LogP contribution in [0, 0.1) is 23.7 Å². The maximum Gasteiger partial charge on any atom is 0.229 e. The van der Waals surface area contributed by atoms with Gasteiger partial charge >= 0.3 is 0 Å². The lowest BCUT2D eigenvalue weighted by Gasteiger charge is -2.26. The van der Waals surface area contributed by atoms with Gasteiger partial charge in [-0.25, -0.2) is 0 Å². The third-order valence-electron chi connectivity index (χ3n) is 5.90. The van der Waals surface area contributed by atoms with E-state index in [2.05, 4.69) is 27.8 Å². The molecule has 2 aliphatic rings. The van der Waals surface area contributed by atoms with Crippen LogP contribution in [0.4, 0.5) is 5.69 Å². The van der Waals surface area contributed by atoms with Gasteiger partial charge in [0.25, 0.3) is 0 Å². The van der Waals surface area contributed by atoms with Crippen LogP contribution >= 0.6 is 0 Å². The van der Waals surface area contributed by atoms with E-state index in [-0.39, 0.29) is 23.7 Å². The van der Waals surface area contributed by atoms with Gasteiger partial charge in [-0.15, -0.1) is 0 Å². The molecule has 4 atom stereocenters. The van der Waals surface area contributed by atoms with Crippen LogP contribution < -0.4 is 20.1 Å². The monoisotopic (exact) mass is 407 g/mol. The van der Waals surface area contributed by atoms with Gasteiger partial charge < -0.3 is 20.1 Å². The molecule has 2 aliphatic carbocycles. The predicted molar refractivity (Wildman–Crippen MR) is 112 cm³/mol. The average molecular weight is 407 g/mol. The summed E-state index contributed by atoms with van der Waals surface area (Å²) in [7, 11) is 3.11. The third kappa shape index (κ3) is 3.87. The molecule has 1 saturated carbocycles. The van der Waals surface area contributed by atoms with Crippen molar-refractivity contribution in [2.24, 2.45) is 23.7 Å². The number of carbonyl (C=O) groups excluding carboxylic acids is 2. The summed E-state index contributed by atoms with van der Waals surface area (Å²) < 4.78 is 10.6. The lowest BCUT2D eigenvalue weighted by molar-refractivity contribution is -0.133. The first-order valence-corrected chi connectivity index (χ1v) is 9.99. The van der Waals surface area contributed by atoms with E-state index in [4.69, 9.17) is 9.47 Å². The summed E-state index contributed by atoms with van der Waals surface area (Å²) in [6.07, 6.45) is 6.63. The number of pyridine rings is 1. The molecule has 1 aromatic heterocycles. The first-order chi connectivity index (χ1) is 14.6. The molecule has 156 valence electrons. The number of amides is 2. The van der Waals surface area contributed by atoms with Crippen molar-refractivity contribution >= 4 is 17.5 Å². The molecule has 4 rings (SSSR count). The van der Waals surface area contributed by atoms with Crippen molar-refractivity contribution < 1.29 is 19.1 Å². The molecule has 30 heavy (non-hydrogen) atoms. The number of carbonyl (C=O) groups is 2. The van der Waals surface area contributed by atoms with Gasteiger partial charge in [0.1, 0.15) is 11.5 Å². The van der Waals surface area contributed by atoms with Gasteiger partial charge in [-0.05, 0) is 42.5 Å². The maximum absolute atomic E-state index is 13.2. The fraction of sp³-hybridized carbons (Fsp3) is 0.348. The number of hydrogen-bond acceptors (Lipinski definition) is 5. The molecule has 0 saturated heterocycles. The van der Waals surface area contributed by atoms with E-state index >= 15 is 0 Å². The zero-order valence-electron chi connectivity index (χ0n) is 17.0. The molecule has 0 unspecified atom stereocenters. The summed E-state index contributed by atoms with van der Waals surface area (Å²) in [5.41, 5.74) is 1.34. The number of fused-ring (bicyclic) bond motifs is 2. The van der Waals surface area contributed by atoms with E-state index in [0.29, 0.717) is 23.7 Å². The highest BCUT2D eigenvalue weighted by molar-refractivity contribution is 5.98. The van der Waals surface area contributed by atoms with Crippen LogP contribution in [0.5, 0.6) is 11.5 Å². The normalized spacial score (nSPS) is 23.8. The smallest absolute Gasteiger partial charge is 0.229 e. The van der Waals surface area contributed by atoms with Crippen molar-refractivity contribution in [1.82, 2.24) is 10.3 Å². The number of anilines is 1. The van der Waals surface area contributed by atoms with E-state index in [0.717, 1.165) is 12.1 Å². The van der Waals surface area contributed by atoms with Crippen molar-refractivity contribution in [3.05, 3.63) is 60.4 Å². The Labute approximate surface area is 175 Å². The van der Waals surface area contributed by atoms with E-state index in [1.807, 2.05) is 18.2 Å². The van der Waals surface area contributed by atoms with Crippen molar-refractivity contribution in [1.29, 1.82) is 0 Å². The lowest BCUT2D eigenvalue weighted by atomic mass is 9.81. The Morgan fingerprint density at radius 2 is 1.80 bits per heavy atom. The Bertz CT molecular complexity index is 960. The minimum absolute atomic E-state index is 0.0600. The Balaban J connectivity index is 1.48. The Morgan fingerprint density at radius 1 is 1.03 bits per heavy atom. The van der Waals surface area contributed by atoms with Gasteiger partial charge in [-0.1, -0.05) is 18.2 Å². The molecule has 2 N–H and O–H groups in total. The van der Waals surface area contributed by atoms with Crippen LogP contribution in [0.3, 0.4) is 0 Å². The van der Waals surface area contributed by atoms with Gasteiger partial charge in [0.15, 0.2) is 0 Å². The largest absolute Gasteiger partial charge is 0.497 e. The second-order valence-corrected chi connectivity index (χ2v) is 7.59. The molecule has 2 bridgehead atoms. The molecular formula is C23H25N3O4. The molecule has 1 heterocycles. The van der Waals surface area contributed by atoms with Crippen LogP contribution in [-0.4, -0.2) is 31.0 Å². The number of aromatic nitrogens is 1. The van der Waals surface area contributed by atoms with E-state index in [1.165, 1.54) is 0 Å². The van der Waals surface area contributed by atoms with Crippen LogP contribution in [0.1, 0.15) is 12.1 Å². The van der Waals surface area contributed by atoms with Gasteiger partial charge in [-0.2, -0.15) is 0 Å². The third-order valence-corrected chi connectivity index (χ3v) is 5.90. The van der Waals surface area contributed by atoms with Gasteiger partial charge in [0.2, 0.25) is 11.8 Å². The standard InChI is InChI=1S/C23H25N3O4/c1-29-17-8-9-18(19(12-17)30-2)26-23(28)21-15-7-6-14(11-15)20(21)22(27)25-13-16-5-3-4-10-24-16/h3-10,12,14-15,20-21H,11,13H2,1-2H3,(H,25,27)(H,26,28)/t14-,15+,20-,21-/m0/s1. The summed E-state index contributed by atoms with van der Waals surface area (Å²) in [6, 6.07) is 10.8. The molecule has 7 nitrogen and oxygen atoms in total. The first-order valence-electron chi connectivity index (χ1n) is 9.99. The zero-order valence-corrected chi connectivity index (χ0v) is 17.0. The van der Waals surface area contributed by atoms with Gasteiger partial charge in [-0.3, -0.25) is 14.6 Å². The molecule has 0 radical (unpaired) electrons. The summed E-state index contributed by atoms with van der Waals surface area (Å²) in [4.78, 5) is 30.4. The maximum atomic E-state index is 13.2. The fourth-order valence-electron chi connectivity index (χ4n) is 4.45. The second-order valence-electron chi connectivity index (χ2n) is 7.59. The Hall–Kier alpha value is -3.35. The molecule has 7 heteroatoms. The second kappa shape index (κ2) is 8.57. The minimum atomic E-state index is -0.421. The number of allylic oxidation sites excluding steroid dienone is 2. The van der Waals surface area contributed by atoms with Crippen molar-refractivity contribution in [3.8, 4) is 11.5 Å². The van der Waals surface area contributed by atoms with E-state index < -0.39 is 11.8 Å². The average Bonchev–Trinajstić information content (AvgIpc) is 3.40. The van der Waals surface area contributed by atoms with Gasteiger partial charge in [0, 0.05) is 12.3 Å². The quantitative estimate of drug-likeness (QED) is 0.689. The Morgan fingerprint density at radius 3 is 2.47 bits per heavy atom. The highest BCUT2D eigenvalue weighted by Crippen LogP contribution is 2.48. The summed E-state index contributed by atoms with van der Waals surface area (Å²) >= 11 is 0. The highest BCUT2D eigenvalue weighted by Gasteiger charge is 2.51. The van der Waals surface area contributed by atoms with Crippen LogP contribution in [0.25, 0.3) is 0 Å². The van der Waals surface area contributed by atoms with Crippen molar-refractivity contribution in [2.75, 3.05) is 19.5 Å². The molecule has 2 aromatic rings. The molecule has 0 aliphatic heterocycles. The number of methoxy groups -OCH3 is 2. The number of ether oxygens (including phenoxy) is 2. The molecule has 1 aromatic carbocycles. The molecule has 1 fully saturated rings. The number of nitrogens with one attached hydrogen (secondary N) is 2. The summed E-state index contributed by atoms with van der Waals surface area (Å²) in [6.45, 7) is 0.345. The SMILES string of the molecule is COc1ccc(NC(=O)[C@@H]2[C@@H](C(=O)NCc3ccccn3)[C@H]3C=C[C@@H]2C3)c(OC)c1. The summed E-state index contributed by atoms with van der Waals surface area (Å²) in [5.74, 6) is 0.185. The minimum Gasteiger partial charge on any atom is -0.497 e.